The Bertz CT molecular complexity index is 1590. The highest BCUT2D eigenvalue weighted by atomic mass is 32.1. The van der Waals surface area contributed by atoms with Gasteiger partial charge in [-0.05, 0) is 41.3 Å². The lowest BCUT2D eigenvalue weighted by Gasteiger charge is -2.24. The number of aromatic amines is 1. The Kier molecular flexibility index (Phi) is 11.0. The number of aromatic nitrogens is 1. The summed E-state index contributed by atoms with van der Waals surface area (Å²) in [5.41, 5.74) is 9.09. The summed E-state index contributed by atoms with van der Waals surface area (Å²) in [6.45, 7) is 0. The summed E-state index contributed by atoms with van der Waals surface area (Å²) >= 11 is 4.24. The number of carboxylic acids is 1. The van der Waals surface area contributed by atoms with Crippen molar-refractivity contribution in [3.05, 3.63) is 102 Å². The SMILES string of the molecule is NC(Cc1ccccc1)C(=O)NC(CS)C(=O)NC(Cc1c[nH]c2ccccc12)C(=O)NC(Cc1ccc(O)cc1)C(=O)O. The van der Waals surface area contributed by atoms with E-state index in [9.17, 15) is 29.4 Å². The van der Waals surface area contributed by atoms with E-state index in [0.717, 1.165) is 22.0 Å². The number of phenolic OH excluding ortho intramolecular Hbond substituents is 1. The van der Waals surface area contributed by atoms with Gasteiger partial charge in [-0.3, -0.25) is 14.4 Å². The van der Waals surface area contributed by atoms with Gasteiger partial charge in [0.25, 0.3) is 0 Å². The molecule has 4 rings (SSSR count). The Labute approximate surface area is 259 Å². The lowest BCUT2D eigenvalue weighted by atomic mass is 10.0. The molecule has 4 aromatic rings. The fraction of sp³-hybridized carbons (Fsp3) is 0.250. The first-order valence-electron chi connectivity index (χ1n) is 14.0. The van der Waals surface area contributed by atoms with Crippen molar-refractivity contribution in [2.45, 2.75) is 43.4 Å². The topological polar surface area (TPSA) is 187 Å². The van der Waals surface area contributed by atoms with E-state index in [1.54, 1.807) is 18.3 Å². The Hall–Kier alpha value is -4.81. The molecule has 0 bridgehead atoms. The molecule has 1 heterocycles. The number of carbonyl (C=O) groups is 4. The number of rotatable bonds is 14. The van der Waals surface area contributed by atoms with Crippen molar-refractivity contribution in [3.8, 4) is 5.75 Å². The molecule has 4 unspecified atom stereocenters. The third kappa shape index (κ3) is 8.62. The molecule has 12 heteroatoms. The second-order valence-corrected chi connectivity index (χ2v) is 10.8. The number of carbonyl (C=O) groups excluding carboxylic acids is 3. The molecule has 0 saturated carbocycles. The van der Waals surface area contributed by atoms with Crippen LogP contribution in [0.15, 0.2) is 85.1 Å². The molecule has 0 spiro atoms. The van der Waals surface area contributed by atoms with Gasteiger partial charge < -0.3 is 36.9 Å². The molecule has 0 saturated heterocycles. The average Bonchev–Trinajstić information content (AvgIpc) is 3.43. The maximum Gasteiger partial charge on any atom is 0.326 e. The smallest absolute Gasteiger partial charge is 0.326 e. The van der Waals surface area contributed by atoms with E-state index in [-0.39, 0.29) is 30.8 Å². The number of aromatic hydroxyl groups is 1. The van der Waals surface area contributed by atoms with Gasteiger partial charge in [-0.25, -0.2) is 4.79 Å². The fourth-order valence-electron chi connectivity index (χ4n) is 4.78. The lowest BCUT2D eigenvalue weighted by Crippen LogP contribution is -2.58. The van der Waals surface area contributed by atoms with Gasteiger partial charge in [0.1, 0.15) is 23.9 Å². The minimum Gasteiger partial charge on any atom is -0.508 e. The highest BCUT2D eigenvalue weighted by Gasteiger charge is 2.31. The van der Waals surface area contributed by atoms with Crippen molar-refractivity contribution in [1.29, 1.82) is 0 Å². The fourth-order valence-corrected chi connectivity index (χ4v) is 5.03. The van der Waals surface area contributed by atoms with E-state index < -0.39 is 47.9 Å². The zero-order valence-electron chi connectivity index (χ0n) is 23.8. The van der Waals surface area contributed by atoms with Crippen LogP contribution in [0.2, 0.25) is 0 Å². The van der Waals surface area contributed by atoms with E-state index in [4.69, 9.17) is 5.73 Å². The number of amides is 3. The summed E-state index contributed by atoms with van der Waals surface area (Å²) in [5.74, 6) is -3.27. The highest BCUT2D eigenvalue weighted by molar-refractivity contribution is 7.80. The number of hydrogen-bond acceptors (Lipinski definition) is 7. The van der Waals surface area contributed by atoms with E-state index in [1.165, 1.54) is 12.1 Å². The van der Waals surface area contributed by atoms with Gasteiger partial charge >= 0.3 is 5.97 Å². The molecule has 8 N–H and O–H groups in total. The zero-order chi connectivity index (χ0) is 31.6. The molecule has 230 valence electrons. The van der Waals surface area contributed by atoms with Gasteiger partial charge in [0.15, 0.2) is 0 Å². The van der Waals surface area contributed by atoms with Gasteiger partial charge in [0, 0.05) is 35.7 Å². The van der Waals surface area contributed by atoms with Crippen molar-refractivity contribution in [2.75, 3.05) is 5.75 Å². The molecule has 0 aliphatic rings. The highest BCUT2D eigenvalue weighted by Crippen LogP contribution is 2.20. The van der Waals surface area contributed by atoms with E-state index in [2.05, 4.69) is 33.6 Å². The minimum atomic E-state index is -1.31. The summed E-state index contributed by atoms with van der Waals surface area (Å²) in [5, 5.41) is 28.1. The first-order valence-corrected chi connectivity index (χ1v) is 14.6. The molecule has 44 heavy (non-hydrogen) atoms. The van der Waals surface area contributed by atoms with E-state index in [0.29, 0.717) is 5.56 Å². The predicted octanol–water partition coefficient (Wildman–Crippen LogP) is 1.70. The molecule has 0 radical (unpaired) electrons. The minimum absolute atomic E-state index is 0.0259. The molecule has 4 atom stereocenters. The van der Waals surface area contributed by atoms with Crippen LogP contribution >= 0.6 is 12.6 Å². The monoisotopic (exact) mass is 617 g/mol. The maximum absolute atomic E-state index is 13.6. The number of thiol groups is 1. The zero-order valence-corrected chi connectivity index (χ0v) is 24.7. The lowest BCUT2D eigenvalue weighted by molar-refractivity contribution is -0.142. The van der Waals surface area contributed by atoms with Crippen molar-refractivity contribution < 1.29 is 29.4 Å². The van der Waals surface area contributed by atoms with Crippen LogP contribution in [0.25, 0.3) is 10.9 Å². The Morgan fingerprint density at radius 2 is 1.32 bits per heavy atom. The van der Waals surface area contributed by atoms with Crippen LogP contribution in [0, 0.1) is 0 Å². The van der Waals surface area contributed by atoms with Crippen LogP contribution in [0.4, 0.5) is 0 Å². The number of fused-ring (bicyclic) bond motifs is 1. The number of carboxylic acid groups (broad SMARTS) is 1. The Morgan fingerprint density at radius 1 is 0.727 bits per heavy atom. The van der Waals surface area contributed by atoms with Gasteiger partial charge in [-0.2, -0.15) is 12.6 Å². The molecule has 0 aliphatic carbocycles. The average molecular weight is 618 g/mol. The Morgan fingerprint density at radius 3 is 2.00 bits per heavy atom. The maximum atomic E-state index is 13.6. The second kappa shape index (κ2) is 15.1. The van der Waals surface area contributed by atoms with Crippen molar-refractivity contribution in [3.63, 3.8) is 0 Å². The Balaban J connectivity index is 1.50. The normalized spacial score (nSPS) is 13.8. The molecular formula is C32H35N5O6S. The molecule has 0 fully saturated rings. The molecule has 1 aromatic heterocycles. The van der Waals surface area contributed by atoms with Crippen LogP contribution in [-0.2, 0) is 38.4 Å². The number of para-hydroxylation sites is 1. The van der Waals surface area contributed by atoms with Crippen LogP contribution < -0.4 is 21.7 Å². The molecule has 0 aliphatic heterocycles. The van der Waals surface area contributed by atoms with Crippen LogP contribution in [0.1, 0.15) is 16.7 Å². The number of H-pyrrole nitrogens is 1. The first-order chi connectivity index (χ1) is 21.1. The largest absolute Gasteiger partial charge is 0.508 e. The number of nitrogens with two attached hydrogens (primary N) is 1. The molecular weight excluding hydrogens is 582 g/mol. The third-order valence-corrected chi connectivity index (χ3v) is 7.54. The van der Waals surface area contributed by atoms with Gasteiger partial charge in [0.2, 0.25) is 17.7 Å². The summed E-state index contributed by atoms with van der Waals surface area (Å²) in [4.78, 5) is 55.0. The van der Waals surface area contributed by atoms with Crippen molar-refractivity contribution in [2.24, 2.45) is 5.73 Å². The molecule has 3 aromatic carbocycles. The quantitative estimate of drug-likeness (QED) is 0.0989. The summed E-state index contributed by atoms with van der Waals surface area (Å²) in [7, 11) is 0. The first kappa shape index (κ1) is 32.1. The summed E-state index contributed by atoms with van der Waals surface area (Å²) in [6.07, 6.45) is 1.97. The molecule has 3 amide bonds. The van der Waals surface area contributed by atoms with E-state index >= 15 is 0 Å². The van der Waals surface area contributed by atoms with Crippen molar-refractivity contribution >= 4 is 47.2 Å². The van der Waals surface area contributed by atoms with Crippen LogP contribution in [0.3, 0.4) is 0 Å². The number of hydrogen-bond donors (Lipinski definition) is 8. The summed E-state index contributed by atoms with van der Waals surface area (Å²) < 4.78 is 0. The molecule has 11 nitrogen and oxygen atoms in total. The van der Waals surface area contributed by atoms with E-state index in [1.807, 2.05) is 54.6 Å². The van der Waals surface area contributed by atoms with Gasteiger partial charge in [-0.1, -0.05) is 60.7 Å². The van der Waals surface area contributed by atoms with Gasteiger partial charge in [0.05, 0.1) is 6.04 Å². The number of nitrogens with one attached hydrogen (secondary N) is 4. The second-order valence-electron chi connectivity index (χ2n) is 10.4. The number of phenols is 1. The predicted molar refractivity (Wildman–Crippen MR) is 169 cm³/mol. The van der Waals surface area contributed by atoms with Crippen LogP contribution in [-0.4, -0.2) is 68.8 Å². The third-order valence-electron chi connectivity index (χ3n) is 7.17. The summed E-state index contributed by atoms with van der Waals surface area (Å²) in [6, 6.07) is 18.1. The van der Waals surface area contributed by atoms with Crippen LogP contribution in [0.5, 0.6) is 5.75 Å². The number of benzene rings is 3. The number of aliphatic carboxylic acids is 1. The van der Waals surface area contributed by atoms with Gasteiger partial charge in [-0.15, -0.1) is 0 Å². The van der Waals surface area contributed by atoms with Crippen molar-refractivity contribution in [1.82, 2.24) is 20.9 Å². The standard InChI is InChI=1S/C32H35N5O6S/c33-24(14-19-6-2-1-3-7-19)29(39)37-28(18-44)31(41)35-26(16-21-17-34-25-9-5-4-8-23(21)25)30(40)36-27(32(42)43)15-20-10-12-22(38)13-11-20/h1-13,17,24,26-28,34,38,44H,14-16,18,33H2,(H,35,41)(H,36,40)(H,37,39)(H,42,43).